The highest BCUT2D eigenvalue weighted by Gasteiger charge is 2.39. The van der Waals surface area contributed by atoms with E-state index in [1.54, 1.807) is 24.3 Å². The SMILES string of the molecule is O=[N+]([O-])c1ccc2c(c1)[C@@H]1C=CC[C@H]1[C@@H](c1ccc(Cl)c([N+](=O)[O-])c1)N2. The first-order valence-corrected chi connectivity index (χ1v) is 8.49. The minimum Gasteiger partial charge on any atom is -0.378 e. The summed E-state index contributed by atoms with van der Waals surface area (Å²) in [5, 5.41) is 25.8. The molecule has 7 nitrogen and oxygen atoms in total. The molecule has 8 heteroatoms. The minimum atomic E-state index is -0.490. The van der Waals surface area contributed by atoms with Crippen molar-refractivity contribution < 1.29 is 9.85 Å². The average molecular weight is 372 g/mol. The van der Waals surface area contributed by atoms with Gasteiger partial charge in [-0.3, -0.25) is 20.2 Å². The average Bonchev–Trinajstić information content (AvgIpc) is 3.11. The molecule has 2 aromatic rings. The maximum absolute atomic E-state index is 11.2. The molecule has 0 unspecified atom stereocenters. The number of hydrogen-bond donors (Lipinski definition) is 1. The third kappa shape index (κ3) is 2.61. The molecule has 1 N–H and O–H groups in total. The number of non-ortho nitro benzene ring substituents is 1. The number of nitro groups is 2. The Balaban J connectivity index is 1.78. The fourth-order valence-corrected chi connectivity index (χ4v) is 4.07. The third-order valence-electron chi connectivity index (χ3n) is 5.08. The Labute approximate surface area is 153 Å². The van der Waals surface area contributed by atoms with E-state index in [2.05, 4.69) is 17.5 Å². The standard InChI is InChI=1S/C18H14ClN3O4/c19-15-6-4-10(8-17(15)22(25)26)18-13-3-1-2-12(13)14-9-11(21(23)24)5-7-16(14)20-18/h1-2,4-9,12-13,18,20H,3H2/t12-,13-,18-/m1/s1. The van der Waals surface area contributed by atoms with Gasteiger partial charge in [-0.15, -0.1) is 0 Å². The first-order chi connectivity index (χ1) is 12.5. The van der Waals surface area contributed by atoms with E-state index < -0.39 is 9.85 Å². The summed E-state index contributed by atoms with van der Waals surface area (Å²) in [4.78, 5) is 21.4. The van der Waals surface area contributed by atoms with Gasteiger partial charge in [0.15, 0.2) is 0 Å². The molecule has 4 rings (SSSR count). The van der Waals surface area contributed by atoms with Crippen molar-refractivity contribution in [3.05, 3.63) is 84.9 Å². The van der Waals surface area contributed by atoms with Crippen molar-refractivity contribution in [1.82, 2.24) is 0 Å². The fraction of sp³-hybridized carbons (Fsp3) is 0.222. The summed E-state index contributed by atoms with van der Waals surface area (Å²) in [6, 6.07) is 9.47. The van der Waals surface area contributed by atoms with Gasteiger partial charge in [0, 0.05) is 29.8 Å². The van der Waals surface area contributed by atoms with E-state index in [1.165, 1.54) is 12.1 Å². The summed E-state index contributed by atoms with van der Waals surface area (Å²) in [6.07, 6.45) is 4.91. The molecular weight excluding hydrogens is 358 g/mol. The molecular formula is C18H14ClN3O4. The Morgan fingerprint density at radius 1 is 1.08 bits per heavy atom. The zero-order valence-corrected chi connectivity index (χ0v) is 14.2. The van der Waals surface area contributed by atoms with E-state index in [-0.39, 0.29) is 34.3 Å². The summed E-state index contributed by atoms with van der Waals surface area (Å²) in [5.74, 6) is 0.163. The lowest BCUT2D eigenvalue weighted by atomic mass is 9.77. The lowest BCUT2D eigenvalue weighted by Crippen LogP contribution is -2.29. The van der Waals surface area contributed by atoms with Gasteiger partial charge in [0.1, 0.15) is 5.02 Å². The Morgan fingerprint density at radius 3 is 2.62 bits per heavy atom. The highest BCUT2D eigenvalue weighted by molar-refractivity contribution is 6.32. The number of rotatable bonds is 3. The van der Waals surface area contributed by atoms with Crippen LogP contribution in [0.5, 0.6) is 0 Å². The molecule has 2 aliphatic rings. The molecule has 1 aliphatic heterocycles. The maximum Gasteiger partial charge on any atom is 0.288 e. The van der Waals surface area contributed by atoms with Gasteiger partial charge in [-0.1, -0.05) is 29.8 Å². The summed E-state index contributed by atoms with van der Waals surface area (Å²) in [6.45, 7) is 0. The Hall–Kier alpha value is -2.93. The lowest BCUT2D eigenvalue weighted by Gasteiger charge is -2.37. The molecule has 0 radical (unpaired) electrons. The van der Waals surface area contributed by atoms with Crippen molar-refractivity contribution in [2.45, 2.75) is 18.4 Å². The van der Waals surface area contributed by atoms with Crippen LogP contribution in [0.3, 0.4) is 0 Å². The molecule has 0 bridgehead atoms. The molecule has 0 aromatic heterocycles. The zero-order chi connectivity index (χ0) is 18.4. The molecule has 26 heavy (non-hydrogen) atoms. The van der Waals surface area contributed by atoms with Crippen LogP contribution in [0.2, 0.25) is 5.02 Å². The van der Waals surface area contributed by atoms with Gasteiger partial charge in [0.25, 0.3) is 11.4 Å². The second-order valence-electron chi connectivity index (χ2n) is 6.47. The zero-order valence-electron chi connectivity index (χ0n) is 13.5. The number of nitrogens with one attached hydrogen (secondary N) is 1. The number of halogens is 1. The van der Waals surface area contributed by atoms with Crippen molar-refractivity contribution in [3.8, 4) is 0 Å². The van der Waals surface area contributed by atoms with E-state index >= 15 is 0 Å². The summed E-state index contributed by atoms with van der Waals surface area (Å²) >= 11 is 5.93. The first kappa shape index (κ1) is 16.5. The minimum absolute atomic E-state index is 0.0332. The second kappa shape index (κ2) is 6.10. The third-order valence-corrected chi connectivity index (χ3v) is 5.40. The van der Waals surface area contributed by atoms with E-state index in [9.17, 15) is 20.2 Å². The van der Waals surface area contributed by atoms with Crippen molar-refractivity contribution in [3.63, 3.8) is 0 Å². The molecule has 1 aliphatic carbocycles. The van der Waals surface area contributed by atoms with Crippen LogP contribution in [-0.2, 0) is 0 Å². The lowest BCUT2D eigenvalue weighted by molar-refractivity contribution is -0.385. The number of nitro benzene ring substituents is 2. The van der Waals surface area contributed by atoms with Crippen LogP contribution in [0.4, 0.5) is 17.1 Å². The van der Waals surface area contributed by atoms with Crippen molar-refractivity contribution in [2.24, 2.45) is 5.92 Å². The Morgan fingerprint density at radius 2 is 1.88 bits per heavy atom. The van der Waals surface area contributed by atoms with Crippen LogP contribution in [-0.4, -0.2) is 9.85 Å². The van der Waals surface area contributed by atoms with Gasteiger partial charge in [0.2, 0.25) is 0 Å². The van der Waals surface area contributed by atoms with Gasteiger partial charge in [-0.25, -0.2) is 0 Å². The maximum atomic E-state index is 11.2. The largest absolute Gasteiger partial charge is 0.378 e. The van der Waals surface area contributed by atoms with Crippen LogP contribution in [0.25, 0.3) is 0 Å². The normalized spacial score (nSPS) is 23.0. The topological polar surface area (TPSA) is 98.3 Å². The highest BCUT2D eigenvalue weighted by atomic mass is 35.5. The number of anilines is 1. The van der Waals surface area contributed by atoms with E-state index in [0.29, 0.717) is 0 Å². The summed E-state index contributed by atoms with van der Waals surface area (Å²) in [7, 11) is 0. The number of allylic oxidation sites excluding steroid dienone is 2. The van der Waals surface area contributed by atoms with Gasteiger partial charge in [-0.2, -0.15) is 0 Å². The van der Waals surface area contributed by atoms with Crippen LogP contribution >= 0.6 is 11.6 Å². The number of fused-ring (bicyclic) bond motifs is 3. The fourth-order valence-electron chi connectivity index (χ4n) is 3.89. The molecule has 3 atom stereocenters. The van der Waals surface area contributed by atoms with Crippen LogP contribution < -0.4 is 5.32 Å². The monoisotopic (exact) mass is 371 g/mol. The van der Waals surface area contributed by atoms with E-state index in [4.69, 9.17) is 11.6 Å². The van der Waals surface area contributed by atoms with Crippen molar-refractivity contribution in [2.75, 3.05) is 5.32 Å². The van der Waals surface area contributed by atoms with Crippen molar-refractivity contribution >= 4 is 28.7 Å². The number of nitrogens with zero attached hydrogens (tertiary/aromatic N) is 2. The molecule has 0 saturated carbocycles. The molecule has 0 amide bonds. The summed E-state index contributed by atoms with van der Waals surface area (Å²) in [5.41, 5.74) is 2.42. The molecule has 0 saturated heterocycles. The van der Waals surface area contributed by atoms with Crippen LogP contribution in [0.15, 0.2) is 48.6 Å². The molecule has 1 heterocycles. The molecule has 132 valence electrons. The van der Waals surface area contributed by atoms with E-state index in [1.807, 2.05) is 0 Å². The number of benzene rings is 2. The summed E-state index contributed by atoms with van der Waals surface area (Å²) < 4.78 is 0. The van der Waals surface area contributed by atoms with Gasteiger partial charge in [0.05, 0.1) is 15.9 Å². The van der Waals surface area contributed by atoms with Crippen molar-refractivity contribution in [1.29, 1.82) is 0 Å². The van der Waals surface area contributed by atoms with Gasteiger partial charge >= 0.3 is 0 Å². The molecule has 2 aromatic carbocycles. The Bertz CT molecular complexity index is 959. The van der Waals surface area contributed by atoms with Gasteiger partial charge < -0.3 is 5.32 Å². The number of hydrogen-bond acceptors (Lipinski definition) is 5. The molecule has 0 fully saturated rings. The smallest absolute Gasteiger partial charge is 0.288 e. The molecule has 0 spiro atoms. The predicted molar refractivity (Wildman–Crippen MR) is 97.6 cm³/mol. The van der Waals surface area contributed by atoms with Crippen LogP contribution in [0, 0.1) is 26.1 Å². The van der Waals surface area contributed by atoms with E-state index in [0.717, 1.165) is 23.2 Å². The highest BCUT2D eigenvalue weighted by Crippen LogP contribution is 2.50. The predicted octanol–water partition coefficient (Wildman–Crippen LogP) is 4.98. The van der Waals surface area contributed by atoms with Gasteiger partial charge in [-0.05, 0) is 35.6 Å². The Kier molecular flexibility index (Phi) is 3.88. The van der Waals surface area contributed by atoms with Crippen LogP contribution in [0.1, 0.15) is 29.5 Å². The first-order valence-electron chi connectivity index (χ1n) is 8.11. The second-order valence-corrected chi connectivity index (χ2v) is 6.88. The quantitative estimate of drug-likeness (QED) is 0.466.